The van der Waals surface area contributed by atoms with Gasteiger partial charge in [-0.2, -0.15) is 0 Å². The Morgan fingerprint density at radius 1 is 1.38 bits per heavy atom. The van der Waals surface area contributed by atoms with Crippen molar-refractivity contribution >= 4 is 6.09 Å². The van der Waals surface area contributed by atoms with Crippen molar-refractivity contribution in [1.82, 2.24) is 10.2 Å². The molecule has 1 amide bonds. The lowest BCUT2D eigenvalue weighted by Gasteiger charge is -2.41. The van der Waals surface area contributed by atoms with Crippen LogP contribution >= 0.6 is 0 Å². The van der Waals surface area contributed by atoms with E-state index in [1.807, 2.05) is 0 Å². The summed E-state index contributed by atoms with van der Waals surface area (Å²) in [6.07, 6.45) is 7.19. The first-order valence-corrected chi connectivity index (χ1v) is 8.46. The Balaban J connectivity index is 1.90. The molecule has 4 atom stereocenters. The largest absolute Gasteiger partial charge is 0.453 e. The monoisotopic (exact) mass is 297 g/mol. The number of nitrogens with two attached hydrogens (primary N) is 1. The molecule has 0 aromatic rings. The van der Waals surface area contributed by atoms with Crippen molar-refractivity contribution < 1.29 is 9.53 Å². The molecule has 3 N–H and O–H groups in total. The van der Waals surface area contributed by atoms with Crippen LogP contribution in [0.5, 0.6) is 0 Å². The van der Waals surface area contributed by atoms with E-state index in [2.05, 4.69) is 17.1 Å². The van der Waals surface area contributed by atoms with Crippen LogP contribution in [0.25, 0.3) is 0 Å². The number of nitrogens with zero attached hydrogens (tertiary/aromatic N) is 1. The molecule has 0 aromatic carbocycles. The highest BCUT2D eigenvalue weighted by atomic mass is 16.5. The molecule has 0 spiro atoms. The van der Waals surface area contributed by atoms with Gasteiger partial charge in [-0.15, -0.1) is 0 Å². The molecule has 1 aliphatic heterocycles. The topological polar surface area (TPSA) is 67.6 Å². The molecule has 0 radical (unpaired) electrons. The Hall–Kier alpha value is -0.810. The van der Waals surface area contributed by atoms with Crippen molar-refractivity contribution in [3.05, 3.63) is 0 Å². The van der Waals surface area contributed by atoms with E-state index >= 15 is 0 Å². The zero-order valence-corrected chi connectivity index (χ0v) is 13.5. The summed E-state index contributed by atoms with van der Waals surface area (Å²) >= 11 is 0. The fourth-order valence-corrected chi connectivity index (χ4v) is 4.12. The maximum absolute atomic E-state index is 11.3. The van der Waals surface area contributed by atoms with Gasteiger partial charge in [0.1, 0.15) is 0 Å². The summed E-state index contributed by atoms with van der Waals surface area (Å²) in [6, 6.07) is 0.826. The summed E-state index contributed by atoms with van der Waals surface area (Å²) < 4.78 is 4.70. The van der Waals surface area contributed by atoms with Gasteiger partial charge in [0.25, 0.3) is 0 Å². The molecule has 1 heterocycles. The molecule has 4 unspecified atom stereocenters. The Bertz CT molecular complexity index is 337. The molecule has 1 aliphatic carbocycles. The molecule has 1 saturated heterocycles. The predicted octanol–water partition coefficient (Wildman–Crippen LogP) is 1.96. The molecular formula is C16H31N3O2. The van der Waals surface area contributed by atoms with E-state index < -0.39 is 0 Å². The van der Waals surface area contributed by atoms with Crippen LogP contribution in [0, 0.1) is 11.8 Å². The molecule has 21 heavy (non-hydrogen) atoms. The van der Waals surface area contributed by atoms with Gasteiger partial charge in [-0.05, 0) is 37.6 Å². The van der Waals surface area contributed by atoms with Crippen molar-refractivity contribution in [3.8, 4) is 0 Å². The molecule has 2 rings (SSSR count). The van der Waals surface area contributed by atoms with E-state index in [0.29, 0.717) is 12.0 Å². The minimum absolute atomic E-state index is 0.224. The van der Waals surface area contributed by atoms with Gasteiger partial charge in [-0.25, -0.2) is 4.79 Å². The average molecular weight is 297 g/mol. The minimum Gasteiger partial charge on any atom is -0.453 e. The van der Waals surface area contributed by atoms with Crippen LogP contribution in [0.4, 0.5) is 4.79 Å². The first-order chi connectivity index (χ1) is 10.2. The molecule has 122 valence electrons. The molecule has 0 bridgehead atoms. The van der Waals surface area contributed by atoms with Crippen LogP contribution in [0.1, 0.15) is 45.4 Å². The zero-order valence-electron chi connectivity index (χ0n) is 13.5. The summed E-state index contributed by atoms with van der Waals surface area (Å²) in [5.74, 6) is 1.48. The van der Waals surface area contributed by atoms with Gasteiger partial charge in [0.2, 0.25) is 0 Å². The highest BCUT2D eigenvalue weighted by Gasteiger charge is 2.37. The number of hydrogen-bond acceptors (Lipinski definition) is 4. The van der Waals surface area contributed by atoms with Crippen LogP contribution in [-0.4, -0.2) is 49.8 Å². The first-order valence-electron chi connectivity index (χ1n) is 8.46. The van der Waals surface area contributed by atoms with Gasteiger partial charge < -0.3 is 15.8 Å². The first kappa shape index (κ1) is 16.6. The van der Waals surface area contributed by atoms with Gasteiger partial charge >= 0.3 is 6.09 Å². The number of amides is 1. The van der Waals surface area contributed by atoms with Crippen LogP contribution in [0.2, 0.25) is 0 Å². The van der Waals surface area contributed by atoms with Crippen LogP contribution in [-0.2, 0) is 4.74 Å². The lowest BCUT2D eigenvalue weighted by molar-refractivity contribution is 0.0962. The number of nitrogens with one attached hydrogen (secondary N) is 1. The third kappa shape index (κ3) is 4.33. The number of ether oxygens (including phenoxy) is 1. The minimum atomic E-state index is -0.315. The summed E-state index contributed by atoms with van der Waals surface area (Å²) in [4.78, 5) is 13.9. The van der Waals surface area contributed by atoms with E-state index in [1.165, 1.54) is 39.2 Å². The van der Waals surface area contributed by atoms with E-state index in [-0.39, 0.29) is 12.1 Å². The quantitative estimate of drug-likeness (QED) is 0.814. The van der Waals surface area contributed by atoms with Crippen molar-refractivity contribution in [3.63, 3.8) is 0 Å². The summed E-state index contributed by atoms with van der Waals surface area (Å²) in [5, 5.41) is 2.93. The lowest BCUT2D eigenvalue weighted by Crippen LogP contribution is -2.47. The fraction of sp³-hybridized carbons (Fsp3) is 0.938. The van der Waals surface area contributed by atoms with Crippen molar-refractivity contribution in [2.75, 3.05) is 26.7 Å². The number of likely N-dealkylation sites (tertiary alicyclic amines) is 1. The highest BCUT2D eigenvalue weighted by Crippen LogP contribution is 2.35. The van der Waals surface area contributed by atoms with Gasteiger partial charge in [0.05, 0.1) is 7.11 Å². The summed E-state index contributed by atoms with van der Waals surface area (Å²) in [5.41, 5.74) is 6.00. The molecule has 5 heteroatoms. The van der Waals surface area contributed by atoms with E-state index in [1.54, 1.807) is 0 Å². The second-order valence-electron chi connectivity index (χ2n) is 6.65. The van der Waals surface area contributed by atoms with Crippen molar-refractivity contribution in [2.45, 2.75) is 57.5 Å². The standard InChI is InChI=1S/C16H31N3O2/c1-3-4-12-5-6-13(10-17)15(9-12)19-8-7-14(11-19)18-16(20)21-2/h12-15H,3-11,17H2,1-2H3,(H,18,20). The predicted molar refractivity (Wildman–Crippen MR) is 84.1 cm³/mol. The number of carbonyl (C=O) groups is 1. The van der Waals surface area contributed by atoms with E-state index in [4.69, 9.17) is 10.5 Å². The fourth-order valence-electron chi connectivity index (χ4n) is 4.12. The molecule has 2 fully saturated rings. The number of rotatable bonds is 5. The molecular weight excluding hydrogens is 266 g/mol. The van der Waals surface area contributed by atoms with Crippen LogP contribution in [0.15, 0.2) is 0 Å². The van der Waals surface area contributed by atoms with Crippen LogP contribution in [0.3, 0.4) is 0 Å². The van der Waals surface area contributed by atoms with E-state index in [9.17, 15) is 4.79 Å². The Kier molecular flexibility index (Phi) is 6.30. The lowest BCUT2D eigenvalue weighted by atomic mass is 9.76. The van der Waals surface area contributed by atoms with Crippen molar-refractivity contribution in [1.29, 1.82) is 0 Å². The third-order valence-corrected chi connectivity index (χ3v) is 5.26. The second-order valence-corrected chi connectivity index (χ2v) is 6.65. The number of methoxy groups -OCH3 is 1. The second kappa shape index (κ2) is 7.99. The molecule has 0 aromatic heterocycles. The third-order valence-electron chi connectivity index (χ3n) is 5.26. The van der Waals surface area contributed by atoms with Gasteiger partial charge in [0.15, 0.2) is 0 Å². The Labute approximate surface area is 128 Å². The number of alkyl carbamates (subject to hydrolysis) is 1. The number of carbonyl (C=O) groups excluding carboxylic acids is 1. The Morgan fingerprint density at radius 2 is 2.19 bits per heavy atom. The normalized spacial score (nSPS) is 33.9. The molecule has 2 aliphatic rings. The van der Waals surface area contributed by atoms with Gasteiger partial charge in [0, 0.05) is 25.2 Å². The van der Waals surface area contributed by atoms with Crippen molar-refractivity contribution in [2.24, 2.45) is 17.6 Å². The van der Waals surface area contributed by atoms with E-state index in [0.717, 1.165) is 32.0 Å². The molecule has 1 saturated carbocycles. The smallest absolute Gasteiger partial charge is 0.407 e. The summed E-state index contributed by atoms with van der Waals surface area (Å²) in [6.45, 7) is 5.06. The number of hydrogen-bond donors (Lipinski definition) is 2. The zero-order chi connectivity index (χ0) is 15.2. The Morgan fingerprint density at radius 3 is 2.86 bits per heavy atom. The van der Waals surface area contributed by atoms with Gasteiger partial charge in [-0.1, -0.05) is 26.2 Å². The average Bonchev–Trinajstić information content (AvgIpc) is 2.95. The SMILES string of the molecule is CCCC1CCC(CN)C(N2CCC(NC(=O)OC)C2)C1. The maximum atomic E-state index is 11.3. The molecule has 5 nitrogen and oxygen atoms in total. The van der Waals surface area contributed by atoms with Gasteiger partial charge in [-0.3, -0.25) is 4.90 Å². The van der Waals surface area contributed by atoms with Crippen LogP contribution < -0.4 is 11.1 Å². The maximum Gasteiger partial charge on any atom is 0.407 e. The summed E-state index contributed by atoms with van der Waals surface area (Å²) in [7, 11) is 1.42. The highest BCUT2D eigenvalue weighted by molar-refractivity contribution is 5.67.